The van der Waals surface area contributed by atoms with Gasteiger partial charge in [0.2, 0.25) is 11.8 Å². The van der Waals surface area contributed by atoms with E-state index in [1.807, 2.05) is 23.6 Å². The Kier molecular flexibility index (Phi) is 9.69. The molecule has 0 spiro atoms. The second-order valence-electron chi connectivity index (χ2n) is 8.82. The number of imidazole rings is 1. The number of nitrogens with zero attached hydrogens (tertiary/aromatic N) is 3. The number of aromatic nitrogens is 2. The van der Waals surface area contributed by atoms with Gasteiger partial charge in [0.05, 0.1) is 35.6 Å². The number of pyridine rings is 1. The molecule has 2 amide bonds. The summed E-state index contributed by atoms with van der Waals surface area (Å²) < 4.78 is 13.4. The SMILES string of the molecule is COC(=O)c1ccc(/C=C/C(=O)NCC(=O)N(C)c2ccc(Cl)c(COc3cccn4c(Br)c(C)nc34)c2Cl)cc1. The van der Waals surface area contributed by atoms with E-state index in [1.54, 1.807) is 55.6 Å². The highest BCUT2D eigenvalue weighted by Gasteiger charge is 2.20. The van der Waals surface area contributed by atoms with E-state index in [4.69, 9.17) is 27.9 Å². The van der Waals surface area contributed by atoms with Crippen molar-refractivity contribution in [1.29, 1.82) is 0 Å². The number of hydrogen-bond donors (Lipinski definition) is 1. The van der Waals surface area contributed by atoms with Crippen LogP contribution in [0.2, 0.25) is 10.0 Å². The van der Waals surface area contributed by atoms with Crippen molar-refractivity contribution in [2.24, 2.45) is 0 Å². The number of ether oxygens (including phenoxy) is 2. The summed E-state index contributed by atoms with van der Waals surface area (Å²) in [6.45, 7) is 1.66. The minimum Gasteiger partial charge on any atom is -0.485 e. The molecule has 4 rings (SSSR count). The molecule has 0 saturated carbocycles. The van der Waals surface area contributed by atoms with E-state index < -0.39 is 17.8 Å². The zero-order valence-corrected chi connectivity index (χ0v) is 25.4. The summed E-state index contributed by atoms with van der Waals surface area (Å²) in [4.78, 5) is 42.6. The number of carbonyl (C=O) groups excluding carboxylic acids is 3. The number of nitrogens with one attached hydrogen (secondary N) is 1. The topological polar surface area (TPSA) is 102 Å². The number of likely N-dealkylation sites (N-methyl/N-ethyl adjacent to an activating group) is 1. The molecule has 0 radical (unpaired) electrons. The van der Waals surface area contributed by atoms with E-state index in [0.717, 1.165) is 10.3 Å². The van der Waals surface area contributed by atoms with Crippen molar-refractivity contribution in [1.82, 2.24) is 14.7 Å². The summed E-state index contributed by atoms with van der Waals surface area (Å²) in [6, 6.07) is 13.4. The molecule has 0 atom stereocenters. The van der Waals surface area contributed by atoms with Crippen molar-refractivity contribution < 1.29 is 23.9 Å². The standard InChI is InChI=1S/C29H25BrCl2N4O5/c1-17-27(30)36-14-4-5-23(28(36)34-17)41-16-20-21(31)11-12-22(26(20)32)35(2)25(38)15-33-24(37)13-8-18-6-9-19(10-7-18)29(39)40-3/h4-14H,15-16H2,1-3H3,(H,33,37)/b13-8+. The number of esters is 1. The number of fused-ring (bicyclic) bond motifs is 1. The fourth-order valence-electron chi connectivity index (χ4n) is 3.86. The van der Waals surface area contributed by atoms with Crippen molar-refractivity contribution >= 4 is 74.3 Å². The first-order valence-electron chi connectivity index (χ1n) is 12.2. The average molecular weight is 660 g/mol. The molecule has 0 aliphatic carbocycles. The van der Waals surface area contributed by atoms with Crippen LogP contribution in [0.1, 0.15) is 27.2 Å². The maximum absolute atomic E-state index is 12.9. The van der Waals surface area contributed by atoms with Crippen LogP contribution in [0, 0.1) is 6.92 Å². The van der Waals surface area contributed by atoms with Crippen LogP contribution < -0.4 is 15.0 Å². The van der Waals surface area contributed by atoms with Crippen LogP contribution in [0.3, 0.4) is 0 Å². The molecular weight excluding hydrogens is 635 g/mol. The second kappa shape index (κ2) is 13.2. The fourth-order valence-corrected chi connectivity index (χ4v) is 4.84. The molecule has 0 saturated heterocycles. The summed E-state index contributed by atoms with van der Waals surface area (Å²) in [6.07, 6.45) is 4.73. The first-order chi connectivity index (χ1) is 19.6. The highest BCUT2D eigenvalue weighted by atomic mass is 79.9. The quantitative estimate of drug-likeness (QED) is 0.178. The van der Waals surface area contributed by atoms with Gasteiger partial charge < -0.3 is 19.7 Å². The molecule has 212 valence electrons. The van der Waals surface area contributed by atoms with Gasteiger partial charge in [-0.05, 0) is 70.9 Å². The third-order valence-electron chi connectivity index (χ3n) is 6.16. The number of methoxy groups -OCH3 is 1. The van der Waals surface area contributed by atoms with Gasteiger partial charge >= 0.3 is 5.97 Å². The molecule has 0 unspecified atom stereocenters. The number of anilines is 1. The zero-order chi connectivity index (χ0) is 29.7. The average Bonchev–Trinajstić information content (AvgIpc) is 3.27. The van der Waals surface area contributed by atoms with Gasteiger partial charge in [-0.15, -0.1) is 0 Å². The molecule has 0 bridgehead atoms. The number of halogens is 3. The Morgan fingerprint density at radius 3 is 2.56 bits per heavy atom. The van der Waals surface area contributed by atoms with Crippen LogP contribution in [0.5, 0.6) is 5.75 Å². The Bertz CT molecular complexity index is 1650. The van der Waals surface area contributed by atoms with Crippen LogP contribution in [0.4, 0.5) is 5.69 Å². The lowest BCUT2D eigenvalue weighted by molar-refractivity contribution is -0.122. The van der Waals surface area contributed by atoms with Gasteiger partial charge in [-0.1, -0.05) is 35.3 Å². The largest absolute Gasteiger partial charge is 0.485 e. The number of rotatable bonds is 9. The van der Waals surface area contributed by atoms with Crippen molar-refractivity contribution in [3.8, 4) is 5.75 Å². The number of hydrogen-bond acceptors (Lipinski definition) is 6. The summed E-state index contributed by atoms with van der Waals surface area (Å²) in [5.74, 6) is -0.766. The highest BCUT2D eigenvalue weighted by molar-refractivity contribution is 9.10. The van der Waals surface area contributed by atoms with Crippen LogP contribution >= 0.6 is 39.1 Å². The van der Waals surface area contributed by atoms with Gasteiger partial charge in [0.15, 0.2) is 11.4 Å². The lowest BCUT2D eigenvalue weighted by Gasteiger charge is -2.21. The minimum absolute atomic E-state index is 0.0406. The van der Waals surface area contributed by atoms with Crippen molar-refractivity contribution in [2.75, 3.05) is 25.6 Å². The minimum atomic E-state index is -0.463. The Hall–Kier alpha value is -3.86. The van der Waals surface area contributed by atoms with Crippen LogP contribution in [0.25, 0.3) is 11.7 Å². The molecule has 2 aromatic heterocycles. The smallest absolute Gasteiger partial charge is 0.337 e. The highest BCUT2D eigenvalue weighted by Crippen LogP contribution is 2.35. The summed E-state index contributed by atoms with van der Waals surface area (Å²) in [5, 5.41) is 3.19. The summed E-state index contributed by atoms with van der Waals surface area (Å²) in [5.41, 5.74) is 3.46. The predicted molar refractivity (Wildman–Crippen MR) is 162 cm³/mol. The van der Waals surface area contributed by atoms with E-state index in [-0.39, 0.29) is 18.2 Å². The van der Waals surface area contributed by atoms with Crippen molar-refractivity contribution in [2.45, 2.75) is 13.5 Å². The monoisotopic (exact) mass is 658 g/mol. The molecule has 1 N–H and O–H groups in total. The van der Waals surface area contributed by atoms with E-state index in [2.05, 4.69) is 31.0 Å². The molecule has 9 nitrogen and oxygen atoms in total. The molecular formula is C29H25BrCl2N4O5. The molecule has 0 aliphatic heterocycles. The third-order valence-corrected chi connectivity index (χ3v) is 7.89. The Morgan fingerprint density at radius 1 is 1.12 bits per heavy atom. The molecule has 12 heteroatoms. The summed E-state index contributed by atoms with van der Waals surface area (Å²) in [7, 11) is 2.86. The third kappa shape index (κ3) is 6.90. The fraction of sp³-hybridized carbons (Fsp3) is 0.172. The number of benzene rings is 2. The van der Waals surface area contributed by atoms with Gasteiger partial charge in [0.1, 0.15) is 11.2 Å². The summed E-state index contributed by atoms with van der Waals surface area (Å²) >= 11 is 16.6. The number of carbonyl (C=O) groups is 3. The zero-order valence-electron chi connectivity index (χ0n) is 22.3. The first-order valence-corrected chi connectivity index (χ1v) is 13.8. The molecule has 2 aromatic carbocycles. The second-order valence-corrected chi connectivity index (χ2v) is 10.4. The van der Waals surface area contributed by atoms with Crippen LogP contribution in [0.15, 0.2) is 65.4 Å². The maximum atomic E-state index is 12.9. The van der Waals surface area contributed by atoms with Crippen molar-refractivity contribution in [3.63, 3.8) is 0 Å². The van der Waals surface area contributed by atoms with Gasteiger partial charge in [0, 0.05) is 29.9 Å². The Labute approximate surface area is 254 Å². The Balaban J connectivity index is 1.39. The molecule has 4 aromatic rings. The van der Waals surface area contributed by atoms with Crippen molar-refractivity contribution in [3.05, 3.63) is 97.8 Å². The lowest BCUT2D eigenvalue weighted by Crippen LogP contribution is -2.37. The number of amides is 2. The first kappa shape index (κ1) is 30.1. The lowest BCUT2D eigenvalue weighted by atomic mass is 10.1. The predicted octanol–water partition coefficient (Wildman–Crippen LogP) is 5.87. The van der Waals surface area contributed by atoms with Crippen LogP contribution in [-0.2, 0) is 20.9 Å². The van der Waals surface area contributed by atoms with E-state index in [1.165, 1.54) is 18.1 Å². The normalized spacial score (nSPS) is 11.1. The van der Waals surface area contributed by atoms with E-state index in [0.29, 0.717) is 38.8 Å². The maximum Gasteiger partial charge on any atom is 0.337 e. The number of aryl methyl sites for hydroxylation is 1. The van der Waals surface area contributed by atoms with Gasteiger partial charge in [-0.25, -0.2) is 9.78 Å². The van der Waals surface area contributed by atoms with Crippen LogP contribution in [-0.4, -0.2) is 47.9 Å². The molecule has 2 heterocycles. The van der Waals surface area contributed by atoms with Gasteiger partial charge in [-0.3, -0.25) is 14.0 Å². The molecule has 0 aliphatic rings. The van der Waals surface area contributed by atoms with E-state index in [9.17, 15) is 14.4 Å². The molecule has 41 heavy (non-hydrogen) atoms. The molecule has 0 fully saturated rings. The van der Waals surface area contributed by atoms with Gasteiger partial charge in [0.25, 0.3) is 0 Å². The van der Waals surface area contributed by atoms with E-state index >= 15 is 0 Å². The Morgan fingerprint density at radius 2 is 1.85 bits per heavy atom. The van der Waals surface area contributed by atoms with Gasteiger partial charge in [-0.2, -0.15) is 0 Å².